The topological polar surface area (TPSA) is 107 Å². The molecule has 0 aliphatic heterocycles. The van der Waals surface area contributed by atoms with Crippen LogP contribution in [0.15, 0.2) is 18.7 Å². The molecular weight excluding hydrogens is 286 g/mol. The highest BCUT2D eigenvalue weighted by molar-refractivity contribution is 5.93. The van der Waals surface area contributed by atoms with Crippen molar-refractivity contribution in [3.05, 3.63) is 30.1 Å². The summed E-state index contributed by atoms with van der Waals surface area (Å²) in [4.78, 5) is 20.2. The quantitative estimate of drug-likeness (QED) is 0.711. The van der Waals surface area contributed by atoms with E-state index in [9.17, 15) is 4.79 Å². The highest BCUT2D eigenvalue weighted by Crippen LogP contribution is 2.01. The number of hydrogen-bond acceptors (Lipinski definition) is 7. The Hall–Kier alpha value is -2.55. The Balaban J connectivity index is 1.91. The van der Waals surface area contributed by atoms with Gasteiger partial charge in [0.25, 0.3) is 5.91 Å². The van der Waals surface area contributed by atoms with Crippen molar-refractivity contribution in [2.75, 3.05) is 25.6 Å². The fraction of sp³-hybridized carbons (Fsp3) is 0.462. The molecule has 0 atom stereocenters. The Morgan fingerprint density at radius 2 is 2.14 bits per heavy atom. The number of rotatable bonds is 8. The van der Waals surface area contributed by atoms with Crippen molar-refractivity contribution in [1.29, 1.82) is 0 Å². The van der Waals surface area contributed by atoms with Crippen LogP contribution in [0.3, 0.4) is 0 Å². The molecule has 2 aromatic rings. The van der Waals surface area contributed by atoms with Gasteiger partial charge in [-0.1, -0.05) is 0 Å². The van der Waals surface area contributed by atoms with Gasteiger partial charge in [0.1, 0.15) is 6.33 Å². The zero-order chi connectivity index (χ0) is 15.8. The number of nitrogens with zero attached hydrogens (tertiary/aromatic N) is 5. The van der Waals surface area contributed by atoms with Crippen LogP contribution < -0.4 is 10.6 Å². The van der Waals surface area contributed by atoms with Crippen LogP contribution in [0, 0.1) is 0 Å². The minimum absolute atomic E-state index is 0.260. The summed E-state index contributed by atoms with van der Waals surface area (Å²) in [5.41, 5.74) is 0.393. The van der Waals surface area contributed by atoms with E-state index in [4.69, 9.17) is 4.74 Å². The third kappa shape index (κ3) is 4.22. The van der Waals surface area contributed by atoms with E-state index in [2.05, 4.69) is 30.8 Å². The summed E-state index contributed by atoms with van der Waals surface area (Å²) in [6.07, 6.45) is 4.57. The Labute approximate surface area is 128 Å². The van der Waals surface area contributed by atoms with E-state index in [0.29, 0.717) is 30.5 Å². The SMILES string of the molecule is CCNc1ncc(C(=O)NCc2nncn2CCOC)cn1. The lowest BCUT2D eigenvalue weighted by atomic mass is 10.3. The average Bonchev–Trinajstić information content (AvgIpc) is 2.99. The molecule has 0 fully saturated rings. The summed E-state index contributed by atoms with van der Waals surface area (Å²) in [6.45, 7) is 4.14. The van der Waals surface area contributed by atoms with Gasteiger partial charge in [0.15, 0.2) is 5.82 Å². The van der Waals surface area contributed by atoms with Crippen molar-refractivity contribution in [3.8, 4) is 0 Å². The van der Waals surface area contributed by atoms with Gasteiger partial charge >= 0.3 is 0 Å². The van der Waals surface area contributed by atoms with Gasteiger partial charge in [-0.15, -0.1) is 10.2 Å². The number of ether oxygens (including phenoxy) is 1. The molecular formula is C13H19N7O2. The molecule has 2 rings (SSSR count). The van der Waals surface area contributed by atoms with Gasteiger partial charge in [-0.25, -0.2) is 9.97 Å². The summed E-state index contributed by atoms with van der Waals surface area (Å²) in [5.74, 6) is 0.901. The van der Waals surface area contributed by atoms with Crippen LogP contribution in [0.25, 0.3) is 0 Å². The summed E-state index contributed by atoms with van der Waals surface area (Å²) < 4.78 is 6.84. The molecule has 0 bridgehead atoms. The molecule has 0 radical (unpaired) electrons. The molecule has 0 spiro atoms. The minimum Gasteiger partial charge on any atom is -0.383 e. The lowest BCUT2D eigenvalue weighted by Gasteiger charge is -2.07. The summed E-state index contributed by atoms with van der Waals surface area (Å²) in [7, 11) is 1.63. The minimum atomic E-state index is -0.260. The molecule has 118 valence electrons. The number of methoxy groups -OCH3 is 1. The molecule has 1 amide bonds. The normalized spacial score (nSPS) is 10.5. The number of carbonyl (C=O) groups is 1. The van der Waals surface area contributed by atoms with E-state index in [1.54, 1.807) is 13.4 Å². The van der Waals surface area contributed by atoms with Crippen molar-refractivity contribution in [3.63, 3.8) is 0 Å². The zero-order valence-corrected chi connectivity index (χ0v) is 12.6. The van der Waals surface area contributed by atoms with E-state index in [1.165, 1.54) is 12.4 Å². The summed E-state index contributed by atoms with van der Waals surface area (Å²) in [5, 5.41) is 13.5. The number of amides is 1. The first-order valence-electron chi connectivity index (χ1n) is 6.94. The first kappa shape index (κ1) is 15.8. The molecule has 9 heteroatoms. The van der Waals surface area contributed by atoms with Crippen molar-refractivity contribution in [2.45, 2.75) is 20.0 Å². The number of aromatic nitrogens is 5. The van der Waals surface area contributed by atoms with Crippen LogP contribution in [0.2, 0.25) is 0 Å². The fourth-order valence-corrected chi connectivity index (χ4v) is 1.75. The highest BCUT2D eigenvalue weighted by Gasteiger charge is 2.09. The van der Waals surface area contributed by atoms with E-state index < -0.39 is 0 Å². The van der Waals surface area contributed by atoms with Gasteiger partial charge in [0, 0.05) is 32.6 Å². The molecule has 9 nitrogen and oxygen atoms in total. The second-order valence-corrected chi connectivity index (χ2v) is 4.44. The molecule has 22 heavy (non-hydrogen) atoms. The number of anilines is 1. The third-order valence-corrected chi connectivity index (χ3v) is 2.89. The van der Waals surface area contributed by atoms with Crippen LogP contribution in [-0.4, -0.2) is 50.9 Å². The van der Waals surface area contributed by atoms with Gasteiger partial charge < -0.3 is 19.9 Å². The standard InChI is InChI=1S/C13H19N7O2/c1-3-14-13-16-6-10(7-17-13)12(21)15-8-11-19-18-9-20(11)4-5-22-2/h6-7,9H,3-5,8H2,1-2H3,(H,15,21)(H,14,16,17). The fourth-order valence-electron chi connectivity index (χ4n) is 1.75. The van der Waals surface area contributed by atoms with Crippen LogP contribution in [0.1, 0.15) is 23.1 Å². The first-order valence-corrected chi connectivity index (χ1v) is 6.94. The van der Waals surface area contributed by atoms with Crippen LogP contribution in [0.5, 0.6) is 0 Å². The van der Waals surface area contributed by atoms with Crippen molar-refractivity contribution < 1.29 is 9.53 Å². The molecule has 2 N–H and O–H groups in total. The Morgan fingerprint density at radius 3 is 2.82 bits per heavy atom. The van der Waals surface area contributed by atoms with E-state index in [-0.39, 0.29) is 12.5 Å². The van der Waals surface area contributed by atoms with Gasteiger partial charge in [0.2, 0.25) is 5.95 Å². The van der Waals surface area contributed by atoms with Gasteiger partial charge in [-0.3, -0.25) is 4.79 Å². The lowest BCUT2D eigenvalue weighted by Crippen LogP contribution is -2.25. The largest absolute Gasteiger partial charge is 0.383 e. The first-order chi connectivity index (χ1) is 10.7. The molecule has 2 heterocycles. The average molecular weight is 305 g/mol. The predicted molar refractivity (Wildman–Crippen MR) is 79.3 cm³/mol. The van der Waals surface area contributed by atoms with E-state index in [0.717, 1.165) is 6.54 Å². The molecule has 0 unspecified atom stereocenters. The molecule has 2 aromatic heterocycles. The van der Waals surface area contributed by atoms with Crippen molar-refractivity contribution >= 4 is 11.9 Å². The van der Waals surface area contributed by atoms with Gasteiger partial charge in [-0.05, 0) is 6.92 Å². The second kappa shape index (κ2) is 8.03. The van der Waals surface area contributed by atoms with Crippen molar-refractivity contribution in [2.24, 2.45) is 0 Å². The van der Waals surface area contributed by atoms with E-state index >= 15 is 0 Å². The smallest absolute Gasteiger partial charge is 0.254 e. The Morgan fingerprint density at radius 1 is 1.36 bits per heavy atom. The molecule has 0 saturated heterocycles. The molecule has 0 aromatic carbocycles. The number of carbonyl (C=O) groups excluding carboxylic acids is 1. The predicted octanol–water partition coefficient (Wildman–Crippen LogP) is 0.0763. The number of nitrogens with one attached hydrogen (secondary N) is 2. The Bertz CT molecular complexity index is 597. The lowest BCUT2D eigenvalue weighted by molar-refractivity contribution is 0.0948. The van der Waals surface area contributed by atoms with Crippen LogP contribution in [0.4, 0.5) is 5.95 Å². The van der Waals surface area contributed by atoms with E-state index in [1.807, 2.05) is 11.5 Å². The molecule has 0 aliphatic rings. The summed E-state index contributed by atoms with van der Waals surface area (Å²) >= 11 is 0. The molecule has 0 aliphatic carbocycles. The second-order valence-electron chi connectivity index (χ2n) is 4.44. The van der Waals surface area contributed by atoms with Crippen molar-refractivity contribution in [1.82, 2.24) is 30.0 Å². The number of hydrogen-bond donors (Lipinski definition) is 2. The Kier molecular flexibility index (Phi) is 5.78. The highest BCUT2D eigenvalue weighted by atomic mass is 16.5. The zero-order valence-electron chi connectivity index (χ0n) is 12.6. The van der Waals surface area contributed by atoms with Gasteiger partial charge in [-0.2, -0.15) is 0 Å². The molecule has 0 saturated carbocycles. The monoisotopic (exact) mass is 305 g/mol. The maximum absolute atomic E-state index is 12.0. The van der Waals surface area contributed by atoms with Gasteiger partial charge in [0.05, 0.1) is 18.7 Å². The van der Waals surface area contributed by atoms with Crippen LogP contribution in [-0.2, 0) is 17.8 Å². The summed E-state index contributed by atoms with van der Waals surface area (Å²) in [6, 6.07) is 0. The maximum atomic E-state index is 12.0. The third-order valence-electron chi connectivity index (χ3n) is 2.89. The maximum Gasteiger partial charge on any atom is 0.254 e. The van der Waals surface area contributed by atoms with Crippen LogP contribution >= 0.6 is 0 Å².